The molecule has 1 aliphatic heterocycles. The van der Waals surface area contributed by atoms with E-state index in [9.17, 15) is 4.79 Å². The molecule has 0 bridgehead atoms. The Morgan fingerprint density at radius 2 is 1.88 bits per heavy atom. The lowest BCUT2D eigenvalue weighted by atomic mass is 10.1. The Labute approximate surface area is 154 Å². The van der Waals surface area contributed by atoms with E-state index in [2.05, 4.69) is 22.3 Å². The number of methoxy groups -OCH3 is 1. The van der Waals surface area contributed by atoms with Crippen molar-refractivity contribution in [2.24, 2.45) is 0 Å². The van der Waals surface area contributed by atoms with E-state index in [4.69, 9.17) is 9.47 Å². The highest BCUT2D eigenvalue weighted by molar-refractivity contribution is 6.06. The molecule has 0 radical (unpaired) electrons. The van der Waals surface area contributed by atoms with E-state index in [0.29, 0.717) is 11.3 Å². The van der Waals surface area contributed by atoms with Crippen molar-refractivity contribution in [1.29, 1.82) is 0 Å². The Bertz CT molecular complexity index is 737. The maximum Gasteiger partial charge on any atom is 0.259 e. The highest BCUT2D eigenvalue weighted by Gasteiger charge is 2.13. The molecule has 2 aromatic rings. The molecule has 2 aromatic carbocycles. The van der Waals surface area contributed by atoms with E-state index < -0.39 is 0 Å². The molecule has 138 valence electrons. The first-order valence-electron chi connectivity index (χ1n) is 9.01. The molecular formula is C21H26N2O3. The zero-order chi connectivity index (χ0) is 18.4. The number of ether oxygens (including phenoxy) is 2. The summed E-state index contributed by atoms with van der Waals surface area (Å²) in [5, 5.41) is 2.95. The van der Waals surface area contributed by atoms with Crippen LogP contribution >= 0.6 is 0 Å². The van der Waals surface area contributed by atoms with E-state index in [1.54, 1.807) is 7.11 Å². The fraction of sp³-hybridized carbons (Fsp3) is 0.381. The molecule has 3 rings (SSSR count). The molecule has 0 spiro atoms. The van der Waals surface area contributed by atoms with Crippen LogP contribution < -0.4 is 10.1 Å². The third-order valence-corrected chi connectivity index (χ3v) is 4.63. The van der Waals surface area contributed by atoms with Crippen molar-refractivity contribution in [3.8, 4) is 5.75 Å². The lowest BCUT2D eigenvalue weighted by Crippen LogP contribution is -2.37. The van der Waals surface area contributed by atoms with E-state index in [0.717, 1.165) is 50.5 Å². The summed E-state index contributed by atoms with van der Waals surface area (Å²) in [6, 6.07) is 13.6. The predicted octanol–water partition coefficient (Wildman–Crippen LogP) is 3.13. The van der Waals surface area contributed by atoms with Crippen molar-refractivity contribution in [3.63, 3.8) is 0 Å². The second-order valence-corrected chi connectivity index (χ2v) is 6.56. The van der Waals surface area contributed by atoms with Gasteiger partial charge in [-0.2, -0.15) is 0 Å². The largest absolute Gasteiger partial charge is 0.496 e. The average molecular weight is 354 g/mol. The van der Waals surface area contributed by atoms with Crippen LogP contribution in [0.4, 0.5) is 5.69 Å². The zero-order valence-corrected chi connectivity index (χ0v) is 15.5. The third kappa shape index (κ3) is 4.84. The van der Waals surface area contributed by atoms with Crippen LogP contribution in [0.2, 0.25) is 0 Å². The van der Waals surface area contributed by atoms with Crippen LogP contribution in [-0.2, 0) is 11.2 Å². The Morgan fingerprint density at radius 3 is 2.58 bits per heavy atom. The second-order valence-electron chi connectivity index (χ2n) is 6.56. The number of rotatable bonds is 6. The topological polar surface area (TPSA) is 50.8 Å². The molecule has 26 heavy (non-hydrogen) atoms. The van der Waals surface area contributed by atoms with Crippen molar-refractivity contribution in [3.05, 3.63) is 59.2 Å². The Hall–Kier alpha value is -2.37. The standard InChI is InChI=1S/C21H26N2O3/c1-16-3-8-20(25-2)19(15-16)21(24)22-18-6-4-17(5-7-18)9-10-23-11-13-26-14-12-23/h3-8,15H,9-14H2,1-2H3,(H,22,24). The monoisotopic (exact) mass is 354 g/mol. The van der Waals surface area contributed by atoms with Gasteiger partial charge in [0.15, 0.2) is 0 Å². The number of carbonyl (C=O) groups is 1. The van der Waals surface area contributed by atoms with Crippen LogP contribution in [0.5, 0.6) is 5.75 Å². The van der Waals surface area contributed by atoms with Crippen LogP contribution in [0.3, 0.4) is 0 Å². The van der Waals surface area contributed by atoms with Gasteiger partial charge >= 0.3 is 0 Å². The first-order chi connectivity index (χ1) is 12.7. The zero-order valence-electron chi connectivity index (χ0n) is 15.5. The van der Waals surface area contributed by atoms with Gasteiger partial charge in [0.25, 0.3) is 5.91 Å². The summed E-state index contributed by atoms with van der Waals surface area (Å²) in [7, 11) is 1.57. The minimum absolute atomic E-state index is 0.161. The number of benzene rings is 2. The van der Waals surface area contributed by atoms with Crippen molar-refractivity contribution >= 4 is 11.6 Å². The van der Waals surface area contributed by atoms with Crippen LogP contribution in [0.15, 0.2) is 42.5 Å². The van der Waals surface area contributed by atoms with Crippen LogP contribution in [0.25, 0.3) is 0 Å². The van der Waals surface area contributed by atoms with Gasteiger partial charge in [0, 0.05) is 25.3 Å². The molecule has 0 aromatic heterocycles. The fourth-order valence-corrected chi connectivity index (χ4v) is 3.06. The molecule has 5 nitrogen and oxygen atoms in total. The molecule has 1 saturated heterocycles. The number of amides is 1. The summed E-state index contributed by atoms with van der Waals surface area (Å²) >= 11 is 0. The smallest absolute Gasteiger partial charge is 0.259 e. The van der Waals surface area contributed by atoms with Crippen molar-refractivity contribution in [2.45, 2.75) is 13.3 Å². The number of aryl methyl sites for hydroxylation is 1. The highest BCUT2D eigenvalue weighted by Crippen LogP contribution is 2.21. The SMILES string of the molecule is COc1ccc(C)cc1C(=O)Nc1ccc(CCN2CCOCC2)cc1. The first kappa shape index (κ1) is 18.4. The fourth-order valence-electron chi connectivity index (χ4n) is 3.06. The normalized spacial score (nSPS) is 14.8. The molecule has 1 heterocycles. The number of carbonyl (C=O) groups excluding carboxylic acids is 1. The highest BCUT2D eigenvalue weighted by atomic mass is 16.5. The van der Waals surface area contributed by atoms with Gasteiger partial charge in [0.05, 0.1) is 25.9 Å². The van der Waals surface area contributed by atoms with Crippen LogP contribution in [0.1, 0.15) is 21.5 Å². The van der Waals surface area contributed by atoms with Crippen molar-refractivity contribution in [2.75, 3.05) is 45.3 Å². The van der Waals surface area contributed by atoms with Gasteiger partial charge in [-0.15, -0.1) is 0 Å². The molecule has 1 fully saturated rings. The van der Waals surface area contributed by atoms with Gasteiger partial charge in [-0.25, -0.2) is 0 Å². The number of nitrogens with one attached hydrogen (secondary N) is 1. The third-order valence-electron chi connectivity index (χ3n) is 4.63. The average Bonchev–Trinajstić information content (AvgIpc) is 2.68. The Kier molecular flexibility index (Phi) is 6.26. The molecule has 5 heteroatoms. The van der Waals surface area contributed by atoms with Gasteiger partial charge < -0.3 is 14.8 Å². The summed E-state index contributed by atoms with van der Waals surface area (Å²) in [6.45, 7) is 6.66. The molecule has 0 aliphatic carbocycles. The van der Waals surface area contributed by atoms with Crippen LogP contribution in [-0.4, -0.2) is 50.8 Å². The van der Waals surface area contributed by atoms with Gasteiger partial charge in [0.2, 0.25) is 0 Å². The molecule has 1 N–H and O–H groups in total. The van der Waals surface area contributed by atoms with E-state index >= 15 is 0 Å². The maximum absolute atomic E-state index is 12.6. The van der Waals surface area contributed by atoms with Gasteiger partial charge in [-0.05, 0) is 43.2 Å². The number of nitrogens with zero attached hydrogens (tertiary/aromatic N) is 1. The van der Waals surface area contributed by atoms with Crippen LogP contribution in [0, 0.1) is 6.92 Å². The van der Waals surface area contributed by atoms with E-state index in [1.807, 2.05) is 37.3 Å². The van der Waals surface area contributed by atoms with Crippen molar-refractivity contribution in [1.82, 2.24) is 4.90 Å². The minimum Gasteiger partial charge on any atom is -0.496 e. The summed E-state index contributed by atoms with van der Waals surface area (Å²) in [5.74, 6) is 0.418. The summed E-state index contributed by atoms with van der Waals surface area (Å²) < 4.78 is 10.7. The molecule has 0 saturated carbocycles. The first-order valence-corrected chi connectivity index (χ1v) is 9.01. The number of hydrogen-bond donors (Lipinski definition) is 1. The molecule has 0 unspecified atom stereocenters. The Balaban J connectivity index is 1.58. The lowest BCUT2D eigenvalue weighted by molar-refractivity contribution is 0.0384. The second kappa shape index (κ2) is 8.83. The summed E-state index contributed by atoms with van der Waals surface area (Å²) in [5.41, 5.74) is 3.62. The lowest BCUT2D eigenvalue weighted by Gasteiger charge is -2.26. The minimum atomic E-state index is -0.161. The number of morpholine rings is 1. The van der Waals surface area contributed by atoms with Gasteiger partial charge in [-0.1, -0.05) is 23.8 Å². The maximum atomic E-state index is 12.6. The van der Waals surface area contributed by atoms with Gasteiger partial charge in [-0.3, -0.25) is 9.69 Å². The molecule has 0 atom stereocenters. The number of anilines is 1. The molecular weight excluding hydrogens is 328 g/mol. The predicted molar refractivity (Wildman–Crippen MR) is 103 cm³/mol. The van der Waals surface area contributed by atoms with Gasteiger partial charge in [0.1, 0.15) is 5.75 Å². The molecule has 1 amide bonds. The van der Waals surface area contributed by atoms with E-state index in [-0.39, 0.29) is 5.91 Å². The summed E-state index contributed by atoms with van der Waals surface area (Å²) in [4.78, 5) is 15.0. The van der Waals surface area contributed by atoms with Crippen molar-refractivity contribution < 1.29 is 14.3 Å². The summed E-state index contributed by atoms with van der Waals surface area (Å²) in [6.07, 6.45) is 1.000. The van der Waals surface area contributed by atoms with E-state index in [1.165, 1.54) is 5.56 Å². The quantitative estimate of drug-likeness (QED) is 0.866. The molecule has 1 aliphatic rings. The Morgan fingerprint density at radius 1 is 1.15 bits per heavy atom. The number of hydrogen-bond acceptors (Lipinski definition) is 4.